The molecule has 10 aromatic carbocycles. The number of rotatable bonds is 5. The Morgan fingerprint density at radius 1 is 0.288 bits per heavy atom. The first-order valence-corrected chi connectivity index (χ1v) is 20.1. The predicted molar refractivity (Wildman–Crippen MR) is 247 cm³/mol. The Bertz CT molecular complexity index is 3620. The zero-order valence-corrected chi connectivity index (χ0v) is 31.9. The van der Waals surface area contributed by atoms with Crippen molar-refractivity contribution in [3.05, 3.63) is 206 Å². The van der Waals surface area contributed by atoms with Gasteiger partial charge in [0.25, 0.3) is 0 Å². The molecule has 3 heteroatoms. The number of hydrogen-bond acceptors (Lipinski definition) is 3. The van der Waals surface area contributed by atoms with E-state index in [0.717, 1.165) is 66.7 Å². The fourth-order valence-electron chi connectivity index (χ4n) is 9.11. The van der Waals surface area contributed by atoms with E-state index in [-0.39, 0.29) is 0 Å². The number of furan rings is 1. The second-order valence-electron chi connectivity index (χ2n) is 15.2. The van der Waals surface area contributed by atoms with Crippen molar-refractivity contribution in [2.75, 3.05) is 0 Å². The first kappa shape index (κ1) is 33.3. The third-order valence-electron chi connectivity index (χ3n) is 11.9. The highest BCUT2D eigenvalue weighted by Crippen LogP contribution is 2.42. The van der Waals surface area contributed by atoms with Gasteiger partial charge in [-0.2, -0.15) is 0 Å². The lowest BCUT2D eigenvalue weighted by atomic mass is 9.90. The first-order valence-electron chi connectivity index (χ1n) is 20.1. The molecule has 0 saturated heterocycles. The van der Waals surface area contributed by atoms with Crippen LogP contribution in [0.5, 0.6) is 0 Å². The molecule has 2 heterocycles. The first-order chi connectivity index (χ1) is 29.2. The molecule has 0 N–H and O–H groups in total. The normalized spacial score (nSPS) is 11.7. The minimum Gasteiger partial charge on any atom is -0.455 e. The quantitative estimate of drug-likeness (QED) is 0.164. The summed E-state index contributed by atoms with van der Waals surface area (Å²) in [5, 5.41) is 12.0. The van der Waals surface area contributed by atoms with Crippen LogP contribution in [0.25, 0.3) is 121 Å². The van der Waals surface area contributed by atoms with E-state index in [4.69, 9.17) is 14.4 Å². The summed E-state index contributed by atoms with van der Waals surface area (Å²) >= 11 is 0. The lowest BCUT2D eigenvalue weighted by Crippen LogP contribution is -1.98. The molecule has 0 amide bonds. The van der Waals surface area contributed by atoms with Gasteiger partial charge in [0.1, 0.15) is 11.2 Å². The van der Waals surface area contributed by atoms with Crippen molar-refractivity contribution in [1.29, 1.82) is 0 Å². The van der Waals surface area contributed by atoms with Crippen LogP contribution in [0.4, 0.5) is 0 Å². The summed E-state index contributed by atoms with van der Waals surface area (Å²) in [5.41, 5.74) is 10.8. The number of para-hydroxylation sites is 2. The van der Waals surface area contributed by atoms with Crippen LogP contribution in [0.15, 0.2) is 211 Å². The van der Waals surface area contributed by atoms with Gasteiger partial charge in [0.05, 0.1) is 11.4 Å². The van der Waals surface area contributed by atoms with Crippen molar-refractivity contribution >= 4 is 65.0 Å². The maximum absolute atomic E-state index is 6.58. The molecular weight excluding hydrogens is 717 g/mol. The van der Waals surface area contributed by atoms with Gasteiger partial charge in [0.15, 0.2) is 5.82 Å². The fourth-order valence-corrected chi connectivity index (χ4v) is 9.11. The third kappa shape index (κ3) is 5.44. The Morgan fingerprint density at radius 2 is 0.780 bits per heavy atom. The van der Waals surface area contributed by atoms with E-state index >= 15 is 0 Å². The summed E-state index contributed by atoms with van der Waals surface area (Å²) in [6, 6.07) is 73.3. The van der Waals surface area contributed by atoms with Gasteiger partial charge in [-0.3, -0.25) is 0 Å². The Hall–Kier alpha value is -7.88. The SMILES string of the molecule is c1ccc(-c2cc3ccccc3c3ccccc23)c(-c2nc(-c3ccc(-c4cc5ccccc5c5ccccc45)cc3)cc(-c3cccc4c3oc3ccccc34)n2)c1. The topological polar surface area (TPSA) is 38.9 Å². The number of hydrogen-bond donors (Lipinski definition) is 0. The average Bonchev–Trinajstić information content (AvgIpc) is 3.70. The summed E-state index contributed by atoms with van der Waals surface area (Å²) in [7, 11) is 0. The van der Waals surface area contributed by atoms with E-state index in [9.17, 15) is 0 Å². The van der Waals surface area contributed by atoms with Gasteiger partial charge in [0, 0.05) is 27.5 Å². The summed E-state index contributed by atoms with van der Waals surface area (Å²) in [6.45, 7) is 0. The Morgan fingerprint density at radius 3 is 1.49 bits per heavy atom. The van der Waals surface area contributed by atoms with Crippen LogP contribution in [-0.4, -0.2) is 9.97 Å². The smallest absolute Gasteiger partial charge is 0.161 e. The van der Waals surface area contributed by atoms with Crippen molar-refractivity contribution in [3.63, 3.8) is 0 Å². The molecule has 0 radical (unpaired) electrons. The van der Waals surface area contributed by atoms with Crippen LogP contribution >= 0.6 is 0 Å². The van der Waals surface area contributed by atoms with Gasteiger partial charge in [-0.1, -0.05) is 176 Å². The number of benzene rings is 10. The monoisotopic (exact) mass is 750 g/mol. The van der Waals surface area contributed by atoms with E-state index in [2.05, 4.69) is 194 Å². The van der Waals surface area contributed by atoms with Gasteiger partial charge in [-0.05, 0) is 95.7 Å². The second-order valence-corrected chi connectivity index (χ2v) is 15.2. The van der Waals surface area contributed by atoms with Crippen LogP contribution in [-0.2, 0) is 0 Å². The van der Waals surface area contributed by atoms with Crippen molar-refractivity contribution in [3.8, 4) is 56.2 Å². The summed E-state index contributed by atoms with van der Waals surface area (Å²) < 4.78 is 6.58. The van der Waals surface area contributed by atoms with E-state index in [1.165, 1.54) is 48.7 Å². The number of nitrogens with zero attached hydrogens (tertiary/aromatic N) is 2. The second kappa shape index (κ2) is 13.4. The Balaban J connectivity index is 1.07. The minimum absolute atomic E-state index is 0.656. The molecule has 3 nitrogen and oxygen atoms in total. The van der Waals surface area contributed by atoms with Gasteiger partial charge < -0.3 is 4.42 Å². The van der Waals surface area contributed by atoms with Crippen molar-refractivity contribution in [2.45, 2.75) is 0 Å². The fraction of sp³-hybridized carbons (Fsp3) is 0. The molecule has 2 aromatic heterocycles. The largest absolute Gasteiger partial charge is 0.455 e. The molecule has 0 fully saturated rings. The Kier molecular flexibility index (Phi) is 7.54. The highest BCUT2D eigenvalue weighted by Gasteiger charge is 2.20. The van der Waals surface area contributed by atoms with E-state index in [1.54, 1.807) is 0 Å². The molecule has 0 atom stereocenters. The van der Waals surface area contributed by atoms with Crippen LogP contribution in [0.3, 0.4) is 0 Å². The molecule has 0 aliphatic carbocycles. The van der Waals surface area contributed by atoms with Gasteiger partial charge in [0.2, 0.25) is 0 Å². The van der Waals surface area contributed by atoms with E-state index in [0.29, 0.717) is 5.82 Å². The summed E-state index contributed by atoms with van der Waals surface area (Å²) in [6.07, 6.45) is 0. The average molecular weight is 751 g/mol. The van der Waals surface area contributed by atoms with Crippen molar-refractivity contribution < 1.29 is 4.42 Å². The van der Waals surface area contributed by atoms with Gasteiger partial charge in [-0.25, -0.2) is 9.97 Å². The maximum Gasteiger partial charge on any atom is 0.161 e. The predicted octanol–water partition coefficient (Wildman–Crippen LogP) is 15.3. The molecule has 0 bridgehead atoms. The molecule has 0 aliphatic rings. The molecule has 0 aliphatic heterocycles. The van der Waals surface area contributed by atoms with Gasteiger partial charge in [-0.15, -0.1) is 0 Å². The summed E-state index contributed by atoms with van der Waals surface area (Å²) in [5.74, 6) is 0.656. The number of aromatic nitrogens is 2. The molecule has 59 heavy (non-hydrogen) atoms. The molecular formula is C56H34N2O. The third-order valence-corrected chi connectivity index (χ3v) is 11.9. The minimum atomic E-state index is 0.656. The lowest BCUT2D eigenvalue weighted by molar-refractivity contribution is 0.670. The zero-order chi connectivity index (χ0) is 38.9. The molecule has 0 unspecified atom stereocenters. The van der Waals surface area contributed by atoms with Crippen molar-refractivity contribution in [1.82, 2.24) is 9.97 Å². The van der Waals surface area contributed by atoms with Crippen LogP contribution in [0.2, 0.25) is 0 Å². The van der Waals surface area contributed by atoms with Crippen LogP contribution in [0, 0.1) is 0 Å². The van der Waals surface area contributed by atoms with E-state index < -0.39 is 0 Å². The standard InChI is InChI=1S/C56H34N2O/c1-3-16-39-37(14-1)32-50(43-20-7-5-18-41(39)43)35-28-30-36(31-29-35)52-34-53(49-26-13-25-47-46-23-11-12-27-54(46)59-55(47)49)58-56(57-52)48-24-10-9-22-45(48)51-33-38-15-2-4-17-40(38)42-19-6-8-21-44(42)51/h1-34H. The highest BCUT2D eigenvalue weighted by atomic mass is 16.3. The highest BCUT2D eigenvalue weighted by molar-refractivity contribution is 6.16. The molecule has 0 spiro atoms. The zero-order valence-electron chi connectivity index (χ0n) is 31.9. The number of fused-ring (bicyclic) bond motifs is 9. The summed E-state index contributed by atoms with van der Waals surface area (Å²) in [4.78, 5) is 10.8. The maximum atomic E-state index is 6.58. The van der Waals surface area contributed by atoms with Gasteiger partial charge >= 0.3 is 0 Å². The van der Waals surface area contributed by atoms with Crippen LogP contribution in [0.1, 0.15) is 0 Å². The molecule has 274 valence electrons. The Labute approximate surface area is 340 Å². The van der Waals surface area contributed by atoms with E-state index in [1.807, 2.05) is 12.1 Å². The molecule has 0 saturated carbocycles. The lowest BCUT2D eigenvalue weighted by Gasteiger charge is -2.16. The van der Waals surface area contributed by atoms with Crippen molar-refractivity contribution in [2.24, 2.45) is 0 Å². The molecule has 12 aromatic rings. The van der Waals surface area contributed by atoms with Crippen LogP contribution < -0.4 is 0 Å². The molecule has 12 rings (SSSR count).